The summed E-state index contributed by atoms with van der Waals surface area (Å²) in [7, 11) is 0. The van der Waals surface area contributed by atoms with Crippen LogP contribution in [-0.2, 0) is 39.0 Å². The van der Waals surface area contributed by atoms with E-state index in [-0.39, 0.29) is 51.0 Å². The number of para-hydroxylation sites is 1. The van der Waals surface area contributed by atoms with Crippen LogP contribution in [0.4, 0.5) is 0 Å². The van der Waals surface area contributed by atoms with Crippen molar-refractivity contribution < 1.29 is 56.1 Å². The first-order chi connectivity index (χ1) is 10.8. The SMILES string of the molecule is CCCc1cccc(CCC)c1O.Cc1c(C)c(C)[c-](C)c1C.[Cl-].[Cl-].[Zr+3]. The Hall–Kier alpha value is -0.167. The summed E-state index contributed by atoms with van der Waals surface area (Å²) in [5, 5.41) is 9.85. The van der Waals surface area contributed by atoms with Gasteiger partial charge in [0.05, 0.1) is 0 Å². The van der Waals surface area contributed by atoms with E-state index in [9.17, 15) is 5.11 Å². The topological polar surface area (TPSA) is 20.2 Å². The molecule has 0 fully saturated rings. The van der Waals surface area contributed by atoms with Crippen LogP contribution in [-0.4, -0.2) is 5.11 Å². The van der Waals surface area contributed by atoms with Crippen LogP contribution in [0.25, 0.3) is 0 Å². The molecule has 0 aliphatic rings. The molecule has 0 atom stereocenters. The molecular formula is C22H33Cl2OZr. The van der Waals surface area contributed by atoms with Gasteiger partial charge in [-0.1, -0.05) is 79.5 Å². The zero-order chi connectivity index (χ0) is 17.6. The van der Waals surface area contributed by atoms with Gasteiger partial charge >= 0.3 is 26.2 Å². The third kappa shape index (κ3) is 7.83. The third-order valence-electron chi connectivity index (χ3n) is 5.05. The fraction of sp³-hybridized carbons (Fsp3) is 0.500. The molecule has 2 rings (SSSR count). The fourth-order valence-corrected chi connectivity index (χ4v) is 2.99. The van der Waals surface area contributed by atoms with Crippen molar-refractivity contribution in [2.75, 3.05) is 0 Å². The van der Waals surface area contributed by atoms with Crippen LogP contribution in [0.5, 0.6) is 5.75 Å². The Morgan fingerprint density at radius 1 is 0.808 bits per heavy atom. The van der Waals surface area contributed by atoms with E-state index in [4.69, 9.17) is 0 Å². The van der Waals surface area contributed by atoms with Crippen molar-refractivity contribution in [3.05, 3.63) is 57.1 Å². The smallest absolute Gasteiger partial charge is 1.00 e. The van der Waals surface area contributed by atoms with E-state index in [1.54, 1.807) is 0 Å². The number of aromatic hydroxyl groups is 1. The largest absolute Gasteiger partial charge is 3.00 e. The molecule has 0 heterocycles. The minimum Gasteiger partial charge on any atom is -1.00 e. The maximum Gasteiger partial charge on any atom is 3.00 e. The Labute approximate surface area is 192 Å². The summed E-state index contributed by atoms with van der Waals surface area (Å²) in [6.45, 7) is 15.3. The van der Waals surface area contributed by atoms with E-state index >= 15 is 0 Å². The van der Waals surface area contributed by atoms with Gasteiger partial charge in [-0.25, -0.2) is 0 Å². The maximum absolute atomic E-state index is 9.85. The quantitative estimate of drug-likeness (QED) is 0.629. The van der Waals surface area contributed by atoms with E-state index in [0.29, 0.717) is 5.75 Å². The predicted octanol–water partition coefficient (Wildman–Crippen LogP) is 0.250. The summed E-state index contributed by atoms with van der Waals surface area (Å²) >= 11 is 0. The van der Waals surface area contributed by atoms with Crippen LogP contribution < -0.4 is 24.8 Å². The number of phenols is 1. The van der Waals surface area contributed by atoms with Crippen molar-refractivity contribution in [3.8, 4) is 5.75 Å². The molecule has 0 aliphatic carbocycles. The van der Waals surface area contributed by atoms with Crippen molar-refractivity contribution in [2.24, 2.45) is 0 Å². The minimum atomic E-state index is 0. The number of hydrogen-bond acceptors (Lipinski definition) is 1. The van der Waals surface area contributed by atoms with E-state index < -0.39 is 0 Å². The Morgan fingerprint density at radius 3 is 1.38 bits per heavy atom. The molecule has 0 bridgehead atoms. The average Bonchev–Trinajstić information content (AvgIpc) is 2.70. The molecular weight excluding hydrogens is 442 g/mol. The first-order valence-electron chi connectivity index (χ1n) is 8.84. The van der Waals surface area contributed by atoms with Crippen molar-refractivity contribution in [2.45, 2.75) is 74.1 Å². The molecule has 145 valence electrons. The zero-order valence-electron chi connectivity index (χ0n) is 17.3. The van der Waals surface area contributed by atoms with Gasteiger partial charge in [0.15, 0.2) is 0 Å². The monoisotopic (exact) mass is 473 g/mol. The molecule has 0 spiro atoms. The van der Waals surface area contributed by atoms with Gasteiger partial charge < -0.3 is 29.9 Å². The van der Waals surface area contributed by atoms with E-state index in [2.05, 4.69) is 48.5 Å². The molecule has 2 aromatic carbocycles. The number of rotatable bonds is 4. The zero-order valence-corrected chi connectivity index (χ0v) is 21.2. The molecule has 1 radical (unpaired) electrons. The van der Waals surface area contributed by atoms with Gasteiger partial charge in [0.1, 0.15) is 5.75 Å². The Balaban J connectivity index is -0.000000374. The van der Waals surface area contributed by atoms with Crippen LogP contribution in [0.3, 0.4) is 0 Å². The molecule has 0 saturated carbocycles. The van der Waals surface area contributed by atoms with Crippen LogP contribution in [0.15, 0.2) is 18.2 Å². The Bertz CT molecular complexity index is 544. The van der Waals surface area contributed by atoms with Crippen LogP contribution in [0.2, 0.25) is 0 Å². The molecule has 0 amide bonds. The maximum atomic E-state index is 9.85. The summed E-state index contributed by atoms with van der Waals surface area (Å²) in [6.07, 6.45) is 4.12. The molecule has 2 aromatic rings. The Morgan fingerprint density at radius 2 is 1.15 bits per heavy atom. The summed E-state index contributed by atoms with van der Waals surface area (Å²) in [5.74, 6) is 0.520. The number of phenolic OH excluding ortho intramolecular Hbond substituents is 1. The molecule has 0 unspecified atom stereocenters. The van der Waals surface area contributed by atoms with E-state index in [1.807, 2.05) is 18.2 Å². The van der Waals surface area contributed by atoms with Gasteiger partial charge in [-0.05, 0) is 24.0 Å². The van der Waals surface area contributed by atoms with Crippen molar-refractivity contribution >= 4 is 0 Å². The van der Waals surface area contributed by atoms with Gasteiger partial charge in [0, 0.05) is 0 Å². The first kappa shape index (κ1) is 30.6. The number of benzene rings is 1. The van der Waals surface area contributed by atoms with Gasteiger partial charge in [0.25, 0.3) is 0 Å². The number of hydrogen-bond donors (Lipinski definition) is 1. The van der Waals surface area contributed by atoms with Gasteiger partial charge in [0.2, 0.25) is 0 Å². The van der Waals surface area contributed by atoms with Gasteiger partial charge in [-0.15, -0.1) is 0 Å². The summed E-state index contributed by atoms with van der Waals surface area (Å²) in [6, 6.07) is 6.06. The number of halogens is 2. The van der Waals surface area contributed by atoms with Crippen LogP contribution in [0.1, 0.15) is 65.6 Å². The molecule has 0 aliphatic heterocycles. The van der Waals surface area contributed by atoms with E-state index in [1.165, 1.54) is 27.8 Å². The van der Waals surface area contributed by atoms with Gasteiger partial charge in [-0.3, -0.25) is 0 Å². The van der Waals surface area contributed by atoms with Crippen LogP contribution in [0, 0.1) is 34.6 Å². The van der Waals surface area contributed by atoms with Crippen LogP contribution >= 0.6 is 0 Å². The first-order valence-corrected chi connectivity index (χ1v) is 8.84. The molecule has 4 heteroatoms. The minimum absolute atomic E-state index is 0. The summed E-state index contributed by atoms with van der Waals surface area (Å²) < 4.78 is 0. The predicted molar refractivity (Wildman–Crippen MR) is 102 cm³/mol. The molecule has 0 saturated heterocycles. The third-order valence-corrected chi connectivity index (χ3v) is 5.05. The Kier molecular flexibility index (Phi) is 17.4. The second-order valence-corrected chi connectivity index (χ2v) is 6.55. The standard InChI is InChI=1S/C12H18O.C10H15.2ClH.Zr/c1-3-6-10-8-5-9-11(7-4-2)12(10)13;1-6-7(2)9(4)10(5)8(6)3;;;/h5,8-9,13H,3-4,6-7H2,1-2H3;1-5H3;2*1H;/q;-1;;;+3/p-2. The molecule has 1 N–H and O–H groups in total. The second-order valence-electron chi connectivity index (χ2n) is 6.55. The summed E-state index contributed by atoms with van der Waals surface area (Å²) in [4.78, 5) is 0. The summed E-state index contributed by atoms with van der Waals surface area (Å²) in [5.41, 5.74) is 9.52. The fourth-order valence-electron chi connectivity index (χ4n) is 2.99. The van der Waals surface area contributed by atoms with Crippen molar-refractivity contribution in [1.82, 2.24) is 0 Å². The molecule has 26 heavy (non-hydrogen) atoms. The number of aryl methyl sites for hydroxylation is 2. The normalized spacial score (nSPS) is 9.19. The molecule has 0 aromatic heterocycles. The second kappa shape index (κ2) is 14.8. The molecule has 1 nitrogen and oxygen atoms in total. The average molecular weight is 476 g/mol. The van der Waals surface area contributed by atoms with Gasteiger partial charge in [-0.2, -0.15) is 27.8 Å². The van der Waals surface area contributed by atoms with E-state index in [0.717, 1.165) is 36.8 Å². The van der Waals surface area contributed by atoms with Crippen molar-refractivity contribution in [3.63, 3.8) is 0 Å². The van der Waals surface area contributed by atoms with Crippen molar-refractivity contribution in [1.29, 1.82) is 0 Å².